The van der Waals surface area contributed by atoms with E-state index >= 15 is 0 Å². The van der Waals surface area contributed by atoms with Crippen molar-refractivity contribution in [3.8, 4) is 0 Å². The topological polar surface area (TPSA) is 42.9 Å². The first-order valence-electron chi connectivity index (χ1n) is 3.89. The van der Waals surface area contributed by atoms with Crippen molar-refractivity contribution in [2.45, 2.75) is 17.7 Å². The molecule has 0 N–H and O–H groups in total. The average molecular weight is 256 g/mol. The normalized spacial score (nSPS) is 12.5. The third-order valence-corrected chi connectivity index (χ3v) is 3.90. The van der Waals surface area contributed by atoms with Gasteiger partial charge in [-0.1, -0.05) is 11.3 Å². The molecule has 0 amide bonds. The van der Waals surface area contributed by atoms with Gasteiger partial charge in [0, 0.05) is 12.2 Å². The number of allylic oxidation sites excluding steroid dienone is 1. The summed E-state index contributed by atoms with van der Waals surface area (Å²) in [6.45, 7) is 1.68. The van der Waals surface area contributed by atoms with Crippen molar-refractivity contribution in [3.05, 3.63) is 16.9 Å². The van der Waals surface area contributed by atoms with Crippen molar-refractivity contribution in [3.63, 3.8) is 0 Å². The smallest absolute Gasteiger partial charge is 0.252 e. The summed E-state index contributed by atoms with van der Waals surface area (Å²) in [5, 5.41) is 7.83. The molecule has 0 radical (unpaired) electrons. The predicted octanol–water partition coefficient (Wildman–Crippen LogP) is 2.42. The fourth-order valence-corrected chi connectivity index (χ4v) is 2.81. The molecule has 1 rings (SSSR count). The Hall–Kier alpha value is -0.760. The first kappa shape index (κ1) is 12.3. The van der Waals surface area contributed by atoms with Crippen LogP contribution in [0.3, 0.4) is 0 Å². The van der Waals surface area contributed by atoms with E-state index in [0.717, 1.165) is 11.3 Å². The SMILES string of the molecule is Cc1nnc(S(=O)CCC(F)=C(F)F)s1. The fourth-order valence-electron chi connectivity index (χ4n) is 0.735. The van der Waals surface area contributed by atoms with Crippen LogP contribution in [0.25, 0.3) is 0 Å². The second-order valence-corrected chi connectivity index (χ2v) is 5.48. The Balaban J connectivity index is 2.54. The van der Waals surface area contributed by atoms with Crippen molar-refractivity contribution >= 4 is 22.1 Å². The number of aromatic nitrogens is 2. The van der Waals surface area contributed by atoms with Crippen LogP contribution in [0.5, 0.6) is 0 Å². The molecule has 1 atom stereocenters. The molecule has 84 valence electrons. The second kappa shape index (κ2) is 5.36. The Morgan fingerprint density at radius 1 is 1.40 bits per heavy atom. The van der Waals surface area contributed by atoms with Gasteiger partial charge in [-0.2, -0.15) is 8.78 Å². The van der Waals surface area contributed by atoms with Crippen LogP contribution < -0.4 is 0 Å². The third kappa shape index (κ3) is 3.71. The van der Waals surface area contributed by atoms with Gasteiger partial charge in [-0.25, -0.2) is 4.39 Å². The minimum Gasteiger partial charge on any atom is -0.252 e. The Kier molecular flexibility index (Phi) is 4.40. The first-order chi connectivity index (χ1) is 7.00. The van der Waals surface area contributed by atoms with Crippen molar-refractivity contribution < 1.29 is 17.4 Å². The zero-order chi connectivity index (χ0) is 11.4. The molecule has 0 aliphatic carbocycles. The molecule has 1 aromatic heterocycles. The summed E-state index contributed by atoms with van der Waals surface area (Å²) in [7, 11) is -1.56. The van der Waals surface area contributed by atoms with Crippen molar-refractivity contribution in [2.75, 3.05) is 5.75 Å². The van der Waals surface area contributed by atoms with Gasteiger partial charge < -0.3 is 0 Å². The molecule has 1 heterocycles. The van der Waals surface area contributed by atoms with Crippen molar-refractivity contribution in [1.29, 1.82) is 0 Å². The molecule has 1 aromatic rings. The van der Waals surface area contributed by atoms with Gasteiger partial charge in [0.1, 0.15) is 5.01 Å². The molecule has 8 heteroatoms. The summed E-state index contributed by atoms with van der Waals surface area (Å²) in [6.07, 6.45) is -2.91. The lowest BCUT2D eigenvalue weighted by molar-refractivity contribution is 0.373. The van der Waals surface area contributed by atoms with Crippen molar-refractivity contribution in [1.82, 2.24) is 10.2 Å². The summed E-state index contributed by atoms with van der Waals surface area (Å²) >= 11 is 1.11. The van der Waals surface area contributed by atoms with Crippen LogP contribution >= 0.6 is 11.3 Å². The summed E-state index contributed by atoms with van der Waals surface area (Å²) in [5.74, 6) is -1.73. The lowest BCUT2D eigenvalue weighted by Crippen LogP contribution is -1.98. The molecule has 0 aliphatic rings. The Labute approximate surface area is 90.5 Å². The van der Waals surface area contributed by atoms with Crippen molar-refractivity contribution in [2.24, 2.45) is 0 Å². The average Bonchev–Trinajstić information content (AvgIpc) is 2.60. The van der Waals surface area contributed by atoms with E-state index in [-0.39, 0.29) is 10.1 Å². The van der Waals surface area contributed by atoms with Gasteiger partial charge in [-0.05, 0) is 6.92 Å². The fraction of sp³-hybridized carbons (Fsp3) is 0.429. The molecule has 0 aliphatic heterocycles. The molecule has 0 saturated carbocycles. The molecule has 0 bridgehead atoms. The van der Waals surface area contributed by atoms with E-state index in [9.17, 15) is 17.4 Å². The quantitative estimate of drug-likeness (QED) is 0.831. The van der Waals surface area contributed by atoms with Crippen LogP contribution in [-0.4, -0.2) is 20.2 Å². The van der Waals surface area contributed by atoms with Gasteiger partial charge in [0.15, 0.2) is 5.83 Å². The molecule has 0 saturated heterocycles. The van der Waals surface area contributed by atoms with Crippen LogP contribution in [0, 0.1) is 6.92 Å². The summed E-state index contributed by atoms with van der Waals surface area (Å²) in [6, 6.07) is 0. The Bertz CT molecular complexity index is 401. The summed E-state index contributed by atoms with van der Waals surface area (Å²) < 4.78 is 47.3. The van der Waals surface area contributed by atoms with Crippen LogP contribution in [0.15, 0.2) is 16.2 Å². The first-order valence-corrected chi connectivity index (χ1v) is 6.02. The number of hydrogen-bond donors (Lipinski definition) is 0. The second-order valence-electron chi connectivity index (χ2n) is 2.55. The molecule has 0 spiro atoms. The van der Waals surface area contributed by atoms with Gasteiger partial charge in [0.25, 0.3) is 0 Å². The largest absolute Gasteiger partial charge is 0.301 e. The van der Waals surface area contributed by atoms with Crippen LogP contribution in [0.4, 0.5) is 13.2 Å². The maximum atomic E-state index is 12.4. The van der Waals surface area contributed by atoms with Gasteiger partial charge in [0.05, 0.1) is 10.8 Å². The van der Waals surface area contributed by atoms with E-state index in [4.69, 9.17) is 0 Å². The van der Waals surface area contributed by atoms with E-state index < -0.39 is 29.1 Å². The number of aryl methyl sites for hydroxylation is 1. The highest BCUT2D eigenvalue weighted by Gasteiger charge is 2.12. The number of rotatable bonds is 4. The standard InChI is InChI=1S/C7H7F3N2OS2/c1-4-11-12-7(14-4)15(13)3-2-5(8)6(9)10/h2-3H2,1H3. The highest BCUT2D eigenvalue weighted by atomic mass is 32.2. The minimum absolute atomic E-state index is 0.211. The predicted molar refractivity (Wildman–Crippen MR) is 50.9 cm³/mol. The molecule has 3 nitrogen and oxygen atoms in total. The monoisotopic (exact) mass is 256 g/mol. The molecular formula is C7H7F3N2OS2. The van der Waals surface area contributed by atoms with E-state index in [1.54, 1.807) is 6.92 Å². The molecule has 0 aromatic carbocycles. The van der Waals surface area contributed by atoms with Gasteiger partial charge in [-0.15, -0.1) is 10.2 Å². The minimum atomic E-state index is -2.36. The Morgan fingerprint density at radius 2 is 2.07 bits per heavy atom. The summed E-state index contributed by atoms with van der Waals surface area (Å²) in [4.78, 5) is 0. The molecular weight excluding hydrogens is 249 g/mol. The van der Waals surface area contributed by atoms with Gasteiger partial charge in [0.2, 0.25) is 4.34 Å². The Morgan fingerprint density at radius 3 is 2.53 bits per heavy atom. The lowest BCUT2D eigenvalue weighted by Gasteiger charge is -1.95. The molecule has 15 heavy (non-hydrogen) atoms. The zero-order valence-electron chi connectivity index (χ0n) is 7.67. The van der Waals surface area contributed by atoms with Gasteiger partial charge >= 0.3 is 6.08 Å². The van der Waals surface area contributed by atoms with Gasteiger partial charge in [-0.3, -0.25) is 4.21 Å². The van der Waals surface area contributed by atoms with E-state index in [2.05, 4.69) is 10.2 Å². The number of nitrogens with zero attached hydrogens (tertiary/aromatic N) is 2. The van der Waals surface area contributed by atoms with E-state index in [1.165, 1.54) is 0 Å². The molecule has 1 unspecified atom stereocenters. The number of halogens is 3. The van der Waals surface area contributed by atoms with Crippen LogP contribution in [-0.2, 0) is 10.8 Å². The van der Waals surface area contributed by atoms with Crippen LogP contribution in [0.2, 0.25) is 0 Å². The molecule has 0 fully saturated rings. The summed E-state index contributed by atoms with van der Waals surface area (Å²) in [5.41, 5.74) is 0. The maximum absolute atomic E-state index is 12.4. The number of hydrogen-bond acceptors (Lipinski definition) is 4. The third-order valence-electron chi connectivity index (χ3n) is 1.41. The lowest BCUT2D eigenvalue weighted by atomic mass is 10.4. The van der Waals surface area contributed by atoms with E-state index in [0.29, 0.717) is 5.01 Å². The highest BCUT2D eigenvalue weighted by molar-refractivity contribution is 7.87. The maximum Gasteiger partial charge on any atom is 0.301 e. The van der Waals surface area contributed by atoms with Crippen LogP contribution in [0.1, 0.15) is 11.4 Å². The highest BCUT2D eigenvalue weighted by Crippen LogP contribution is 2.17. The zero-order valence-corrected chi connectivity index (χ0v) is 9.30. The van der Waals surface area contributed by atoms with E-state index in [1.807, 2.05) is 0 Å².